The van der Waals surface area contributed by atoms with Crippen LogP contribution in [0.15, 0.2) is 24.3 Å². The summed E-state index contributed by atoms with van der Waals surface area (Å²) in [5, 5.41) is 0.634. The van der Waals surface area contributed by atoms with Crippen LogP contribution in [0.4, 0.5) is 0 Å². The van der Waals surface area contributed by atoms with Crippen molar-refractivity contribution < 1.29 is 14.3 Å². The zero-order valence-electron chi connectivity index (χ0n) is 11.6. The number of ether oxygens (including phenoxy) is 2. The monoisotopic (exact) mass is 314 g/mol. The third-order valence-electron chi connectivity index (χ3n) is 2.73. The van der Waals surface area contributed by atoms with Gasteiger partial charge < -0.3 is 9.47 Å². The topological polar surface area (TPSA) is 35.5 Å². The first-order chi connectivity index (χ1) is 9.62. The van der Waals surface area contributed by atoms with Crippen molar-refractivity contribution in [1.29, 1.82) is 0 Å². The van der Waals surface area contributed by atoms with E-state index < -0.39 is 0 Å². The van der Waals surface area contributed by atoms with E-state index in [2.05, 4.69) is 12.6 Å². The lowest BCUT2D eigenvalue weighted by Gasteiger charge is -2.18. The molecule has 0 saturated carbocycles. The van der Waals surface area contributed by atoms with Crippen LogP contribution in [-0.4, -0.2) is 18.5 Å². The summed E-state index contributed by atoms with van der Waals surface area (Å²) < 4.78 is 10.4. The lowest BCUT2D eigenvalue weighted by Crippen LogP contribution is -2.05. The minimum atomic E-state index is -0.364. The number of benzene rings is 1. The van der Waals surface area contributed by atoms with Crippen LogP contribution in [0.2, 0.25) is 5.02 Å². The summed E-state index contributed by atoms with van der Waals surface area (Å²) in [4.78, 5) is 11.4. The molecule has 110 valence electrons. The smallest absolute Gasteiger partial charge is 0.330 e. The third kappa shape index (κ3) is 5.19. The van der Waals surface area contributed by atoms with E-state index in [9.17, 15) is 4.79 Å². The normalized spacial score (nSPS) is 12.6. The number of carbonyl (C=O) groups excluding carboxylic acids is 1. The Kier molecular flexibility index (Phi) is 7.73. The molecule has 5 heteroatoms. The fourth-order valence-electron chi connectivity index (χ4n) is 1.84. The van der Waals surface area contributed by atoms with Crippen LogP contribution >= 0.6 is 24.2 Å². The number of thiol groups is 1. The first-order valence-electron chi connectivity index (χ1n) is 6.49. The zero-order chi connectivity index (χ0) is 15.0. The molecule has 3 nitrogen and oxygen atoms in total. The molecular formula is C15H19ClO3S. The Bertz CT molecular complexity index is 474. The molecule has 0 radical (unpaired) electrons. The molecule has 0 spiro atoms. The molecule has 0 bridgehead atoms. The Balaban J connectivity index is 3.03. The van der Waals surface area contributed by atoms with Crippen molar-refractivity contribution in [3.8, 4) is 0 Å². The van der Waals surface area contributed by atoms with Crippen LogP contribution in [0.3, 0.4) is 0 Å². The second-order valence-electron chi connectivity index (χ2n) is 4.05. The molecule has 1 unspecified atom stereocenters. The molecule has 0 aliphatic heterocycles. The van der Waals surface area contributed by atoms with E-state index in [4.69, 9.17) is 21.1 Å². The molecule has 0 fully saturated rings. The Morgan fingerprint density at radius 1 is 1.45 bits per heavy atom. The predicted octanol–water partition coefficient (Wildman–Crippen LogP) is 4.27. The molecule has 0 amide bonds. The van der Waals surface area contributed by atoms with Gasteiger partial charge in [0.05, 0.1) is 18.6 Å². The molecular weight excluding hydrogens is 296 g/mol. The van der Waals surface area contributed by atoms with Gasteiger partial charge in [0.2, 0.25) is 0 Å². The fraction of sp³-hybridized carbons (Fsp3) is 0.400. The second-order valence-corrected chi connectivity index (χ2v) is 4.75. The van der Waals surface area contributed by atoms with Gasteiger partial charge in [0.25, 0.3) is 0 Å². The second kappa shape index (κ2) is 9.06. The SMILES string of the molecule is CCOC(=O)/C=C/c1ccc(Cl)cc1C(CC)OCS. The molecule has 1 rings (SSSR count). The minimum absolute atomic E-state index is 0.104. The first-order valence-corrected chi connectivity index (χ1v) is 7.50. The Morgan fingerprint density at radius 3 is 2.80 bits per heavy atom. The van der Waals surface area contributed by atoms with Gasteiger partial charge >= 0.3 is 5.97 Å². The molecule has 0 aliphatic rings. The van der Waals surface area contributed by atoms with Crippen LogP contribution in [0.1, 0.15) is 37.5 Å². The average molecular weight is 315 g/mol. The van der Waals surface area contributed by atoms with Gasteiger partial charge in [-0.2, -0.15) is 12.6 Å². The van der Waals surface area contributed by atoms with Gasteiger partial charge in [0.15, 0.2) is 0 Å². The summed E-state index contributed by atoms with van der Waals surface area (Å²) in [6.07, 6.45) is 3.81. The highest BCUT2D eigenvalue weighted by Gasteiger charge is 2.13. The zero-order valence-corrected chi connectivity index (χ0v) is 13.3. The van der Waals surface area contributed by atoms with Crippen LogP contribution in [0, 0.1) is 0 Å². The Hall–Kier alpha value is -0.970. The Morgan fingerprint density at radius 2 is 2.20 bits per heavy atom. The first kappa shape index (κ1) is 17.1. The van der Waals surface area contributed by atoms with Gasteiger partial charge in [-0.05, 0) is 42.7 Å². The average Bonchev–Trinajstić information content (AvgIpc) is 2.43. The molecule has 1 aromatic carbocycles. The van der Waals surface area contributed by atoms with Crippen LogP contribution in [-0.2, 0) is 14.3 Å². The molecule has 0 aromatic heterocycles. The molecule has 1 atom stereocenters. The highest BCUT2D eigenvalue weighted by Crippen LogP contribution is 2.28. The van der Waals surface area contributed by atoms with E-state index in [1.54, 1.807) is 19.1 Å². The fourth-order valence-corrected chi connectivity index (χ4v) is 2.20. The van der Waals surface area contributed by atoms with Gasteiger partial charge in [0.1, 0.15) is 0 Å². The molecule has 0 saturated heterocycles. The van der Waals surface area contributed by atoms with Crippen molar-refractivity contribution in [2.24, 2.45) is 0 Å². The Labute approximate surface area is 130 Å². The summed E-state index contributed by atoms with van der Waals surface area (Å²) >= 11 is 10.1. The van der Waals surface area contributed by atoms with Gasteiger partial charge in [-0.15, -0.1) is 0 Å². The van der Waals surface area contributed by atoms with E-state index >= 15 is 0 Å². The molecule has 0 N–H and O–H groups in total. The van der Waals surface area contributed by atoms with Gasteiger partial charge in [0, 0.05) is 11.1 Å². The number of esters is 1. The number of rotatable bonds is 7. The molecule has 0 aliphatic carbocycles. The van der Waals surface area contributed by atoms with Crippen LogP contribution in [0.5, 0.6) is 0 Å². The van der Waals surface area contributed by atoms with E-state index in [0.717, 1.165) is 17.5 Å². The standard InChI is InChI=1S/C15H19ClO3S/c1-3-14(19-10-20)13-9-12(16)7-5-11(13)6-8-15(17)18-4-2/h5-9,14,20H,3-4,10H2,1-2H3/b8-6+. The lowest BCUT2D eigenvalue weighted by molar-refractivity contribution is -0.137. The maximum Gasteiger partial charge on any atom is 0.330 e. The number of halogens is 1. The highest BCUT2D eigenvalue weighted by atomic mass is 35.5. The number of hydrogen-bond donors (Lipinski definition) is 1. The maximum atomic E-state index is 11.4. The number of carbonyl (C=O) groups is 1. The molecule has 20 heavy (non-hydrogen) atoms. The van der Waals surface area contributed by atoms with Gasteiger partial charge in [-0.3, -0.25) is 0 Å². The third-order valence-corrected chi connectivity index (χ3v) is 3.11. The largest absolute Gasteiger partial charge is 0.463 e. The lowest BCUT2D eigenvalue weighted by atomic mass is 10.00. The predicted molar refractivity (Wildman–Crippen MR) is 85.1 cm³/mol. The molecule has 1 aromatic rings. The quantitative estimate of drug-likeness (QED) is 0.353. The number of hydrogen-bond acceptors (Lipinski definition) is 4. The summed E-state index contributed by atoms with van der Waals surface area (Å²) in [5.41, 5.74) is 1.82. The van der Waals surface area contributed by atoms with Crippen molar-refractivity contribution in [1.82, 2.24) is 0 Å². The van der Waals surface area contributed by atoms with Crippen LogP contribution < -0.4 is 0 Å². The maximum absolute atomic E-state index is 11.4. The summed E-state index contributed by atoms with van der Waals surface area (Å²) in [7, 11) is 0. The highest BCUT2D eigenvalue weighted by molar-refractivity contribution is 7.80. The summed E-state index contributed by atoms with van der Waals surface area (Å²) in [5.74, 6) is -0.0388. The van der Waals surface area contributed by atoms with E-state index in [0.29, 0.717) is 17.6 Å². The van der Waals surface area contributed by atoms with E-state index in [-0.39, 0.29) is 12.1 Å². The van der Waals surface area contributed by atoms with Crippen molar-refractivity contribution in [3.63, 3.8) is 0 Å². The molecule has 0 heterocycles. The van der Waals surface area contributed by atoms with Gasteiger partial charge in [-0.1, -0.05) is 24.6 Å². The van der Waals surface area contributed by atoms with Crippen molar-refractivity contribution >= 4 is 36.3 Å². The van der Waals surface area contributed by atoms with Crippen molar-refractivity contribution in [3.05, 3.63) is 40.4 Å². The van der Waals surface area contributed by atoms with Crippen molar-refractivity contribution in [2.45, 2.75) is 26.4 Å². The van der Waals surface area contributed by atoms with Gasteiger partial charge in [-0.25, -0.2) is 4.79 Å². The van der Waals surface area contributed by atoms with Crippen molar-refractivity contribution in [2.75, 3.05) is 12.5 Å². The minimum Gasteiger partial charge on any atom is -0.463 e. The van der Waals surface area contributed by atoms with E-state index in [1.807, 2.05) is 19.1 Å². The van der Waals surface area contributed by atoms with E-state index in [1.165, 1.54) is 6.08 Å². The summed E-state index contributed by atoms with van der Waals surface area (Å²) in [6, 6.07) is 5.49. The summed E-state index contributed by atoms with van der Waals surface area (Å²) in [6.45, 7) is 4.15. The van der Waals surface area contributed by atoms with Crippen LogP contribution in [0.25, 0.3) is 6.08 Å².